The minimum Gasteiger partial charge on any atom is -0.334 e. The van der Waals surface area contributed by atoms with Crippen LogP contribution in [0.5, 0.6) is 0 Å². The van der Waals surface area contributed by atoms with E-state index < -0.39 is 4.92 Å². The summed E-state index contributed by atoms with van der Waals surface area (Å²) in [7, 11) is 3.88. The van der Waals surface area contributed by atoms with E-state index in [0.29, 0.717) is 30.2 Å². The van der Waals surface area contributed by atoms with Gasteiger partial charge in [-0.2, -0.15) is 0 Å². The summed E-state index contributed by atoms with van der Waals surface area (Å²) in [5.74, 6) is -0.204. The molecule has 0 saturated heterocycles. The number of benzene rings is 2. The first-order valence-corrected chi connectivity index (χ1v) is 8.84. The highest BCUT2D eigenvalue weighted by atomic mass is 35.5. The molecule has 2 aromatic rings. The molecule has 0 fully saturated rings. The molecule has 1 amide bonds. The van der Waals surface area contributed by atoms with Gasteiger partial charge >= 0.3 is 0 Å². The van der Waals surface area contributed by atoms with Crippen LogP contribution >= 0.6 is 11.6 Å². The smallest absolute Gasteiger partial charge is 0.276 e. The number of rotatable bonds is 8. The third-order valence-corrected chi connectivity index (χ3v) is 4.21. The average molecular weight is 388 g/mol. The molecule has 0 spiro atoms. The highest BCUT2D eigenvalue weighted by molar-refractivity contribution is 6.30. The van der Waals surface area contributed by atoms with Gasteiger partial charge in [-0.3, -0.25) is 14.9 Å². The number of nitro benzene ring substituents is 1. The van der Waals surface area contributed by atoms with Crippen LogP contribution in [0.15, 0.2) is 54.6 Å². The maximum atomic E-state index is 12.7. The van der Waals surface area contributed by atoms with Crippen molar-refractivity contribution in [2.45, 2.75) is 6.54 Å². The normalized spacial score (nSPS) is 11.1. The molecule has 0 atom stereocenters. The molecule has 27 heavy (non-hydrogen) atoms. The molecule has 7 heteroatoms. The molecule has 0 radical (unpaired) electrons. The van der Waals surface area contributed by atoms with E-state index in [0.717, 1.165) is 5.56 Å². The molecular weight excluding hydrogens is 366 g/mol. The molecule has 0 N–H and O–H groups in total. The molecule has 0 aliphatic rings. The summed E-state index contributed by atoms with van der Waals surface area (Å²) in [6.45, 7) is 1.68. The molecule has 142 valence electrons. The molecule has 0 saturated carbocycles. The van der Waals surface area contributed by atoms with Crippen molar-refractivity contribution in [3.63, 3.8) is 0 Å². The molecule has 0 aromatic heterocycles. The van der Waals surface area contributed by atoms with Gasteiger partial charge in [0.1, 0.15) is 0 Å². The fraction of sp³-hybridized carbons (Fsp3) is 0.250. The van der Waals surface area contributed by atoms with Gasteiger partial charge in [-0.1, -0.05) is 35.9 Å². The van der Waals surface area contributed by atoms with Crippen molar-refractivity contribution in [3.8, 4) is 0 Å². The van der Waals surface area contributed by atoms with Crippen LogP contribution in [0.1, 0.15) is 11.1 Å². The second kappa shape index (κ2) is 9.85. The number of likely N-dealkylation sites (N-methyl/N-ethyl adjacent to an activating group) is 1. The lowest BCUT2D eigenvalue weighted by Crippen LogP contribution is -2.35. The van der Waals surface area contributed by atoms with Gasteiger partial charge < -0.3 is 9.80 Å². The van der Waals surface area contributed by atoms with Crippen molar-refractivity contribution < 1.29 is 9.72 Å². The van der Waals surface area contributed by atoms with Gasteiger partial charge in [0.2, 0.25) is 5.91 Å². The van der Waals surface area contributed by atoms with Crippen molar-refractivity contribution in [2.24, 2.45) is 0 Å². The van der Waals surface area contributed by atoms with E-state index >= 15 is 0 Å². The number of carbonyl (C=O) groups excluding carboxylic acids is 1. The van der Waals surface area contributed by atoms with Gasteiger partial charge in [0, 0.05) is 36.8 Å². The molecule has 2 aromatic carbocycles. The monoisotopic (exact) mass is 387 g/mol. The van der Waals surface area contributed by atoms with Crippen LogP contribution in [0.25, 0.3) is 6.08 Å². The molecule has 0 aliphatic heterocycles. The van der Waals surface area contributed by atoms with Crippen LogP contribution < -0.4 is 0 Å². The maximum absolute atomic E-state index is 12.7. The summed E-state index contributed by atoms with van der Waals surface area (Å²) >= 11 is 5.92. The first kappa shape index (κ1) is 20.6. The summed E-state index contributed by atoms with van der Waals surface area (Å²) in [4.78, 5) is 27.1. The maximum Gasteiger partial charge on any atom is 0.276 e. The van der Waals surface area contributed by atoms with E-state index in [1.807, 2.05) is 31.1 Å². The molecule has 0 bridgehead atoms. The van der Waals surface area contributed by atoms with E-state index in [2.05, 4.69) is 0 Å². The van der Waals surface area contributed by atoms with Crippen molar-refractivity contribution in [3.05, 3.63) is 80.9 Å². The second-order valence-electron chi connectivity index (χ2n) is 6.34. The SMILES string of the molecule is CN(C)CCN(Cc1ccc(Cl)cc1)C(=O)/C=C/c1ccccc1[N+](=O)[O-]. The molecule has 0 aliphatic carbocycles. The van der Waals surface area contributed by atoms with Crippen LogP contribution in [0.3, 0.4) is 0 Å². The van der Waals surface area contributed by atoms with Crippen LogP contribution in [0, 0.1) is 10.1 Å². The Balaban J connectivity index is 2.17. The highest BCUT2D eigenvalue weighted by Gasteiger charge is 2.14. The number of halogens is 1. The van der Waals surface area contributed by atoms with Crippen molar-refractivity contribution >= 4 is 29.3 Å². The summed E-state index contributed by atoms with van der Waals surface area (Å²) < 4.78 is 0. The molecule has 6 nitrogen and oxygen atoms in total. The number of carbonyl (C=O) groups is 1. The van der Waals surface area contributed by atoms with Crippen LogP contribution in [0.4, 0.5) is 5.69 Å². The fourth-order valence-electron chi connectivity index (χ4n) is 2.46. The van der Waals surface area contributed by atoms with Gasteiger partial charge in [0.25, 0.3) is 5.69 Å². The third kappa shape index (κ3) is 6.51. The number of para-hydroxylation sites is 1. The zero-order valence-electron chi connectivity index (χ0n) is 15.3. The minimum atomic E-state index is -0.457. The van der Waals surface area contributed by atoms with E-state index in [-0.39, 0.29) is 11.6 Å². The first-order chi connectivity index (χ1) is 12.9. The lowest BCUT2D eigenvalue weighted by molar-refractivity contribution is -0.385. The lowest BCUT2D eigenvalue weighted by atomic mass is 10.1. The van der Waals surface area contributed by atoms with Gasteiger partial charge in [0.05, 0.1) is 10.5 Å². The number of nitrogens with zero attached hydrogens (tertiary/aromatic N) is 3. The topological polar surface area (TPSA) is 66.7 Å². The predicted octanol–water partition coefficient (Wildman–Crippen LogP) is 3.85. The number of amides is 1. The third-order valence-electron chi connectivity index (χ3n) is 3.95. The predicted molar refractivity (Wildman–Crippen MR) is 108 cm³/mol. The standard InChI is InChI=1S/C20H22ClN3O3/c1-22(2)13-14-23(15-16-7-10-18(21)11-8-16)20(25)12-9-17-5-3-4-6-19(17)24(26)27/h3-12H,13-15H2,1-2H3/b12-9+. The summed E-state index contributed by atoms with van der Waals surface area (Å²) in [6.07, 6.45) is 2.87. The van der Waals surface area contributed by atoms with Crippen molar-refractivity contribution in [1.29, 1.82) is 0 Å². The molecule has 2 rings (SSSR count). The van der Waals surface area contributed by atoms with Crippen molar-refractivity contribution in [2.75, 3.05) is 27.2 Å². The Bertz CT molecular complexity index is 819. The Morgan fingerprint density at radius 2 is 1.78 bits per heavy atom. The zero-order valence-corrected chi connectivity index (χ0v) is 16.1. The van der Waals surface area contributed by atoms with E-state index in [1.165, 1.54) is 18.2 Å². The first-order valence-electron chi connectivity index (χ1n) is 8.46. The van der Waals surface area contributed by atoms with Gasteiger partial charge in [-0.15, -0.1) is 0 Å². The largest absolute Gasteiger partial charge is 0.334 e. The van der Waals surface area contributed by atoms with Crippen molar-refractivity contribution in [1.82, 2.24) is 9.80 Å². The minimum absolute atomic E-state index is 0.0286. The van der Waals surface area contributed by atoms with Crippen LogP contribution in [-0.2, 0) is 11.3 Å². The van der Waals surface area contributed by atoms with E-state index in [4.69, 9.17) is 11.6 Å². The van der Waals surface area contributed by atoms with Gasteiger partial charge in [-0.05, 0) is 43.9 Å². The molecule has 0 unspecified atom stereocenters. The zero-order chi connectivity index (χ0) is 19.8. The Morgan fingerprint density at radius 3 is 2.41 bits per heavy atom. The Morgan fingerprint density at radius 1 is 1.11 bits per heavy atom. The van der Waals surface area contributed by atoms with Crippen LogP contribution in [-0.4, -0.2) is 47.8 Å². The van der Waals surface area contributed by atoms with E-state index in [9.17, 15) is 14.9 Å². The number of hydrogen-bond acceptors (Lipinski definition) is 4. The summed E-state index contributed by atoms with van der Waals surface area (Å²) in [5.41, 5.74) is 1.33. The van der Waals surface area contributed by atoms with E-state index in [1.54, 1.807) is 35.2 Å². The average Bonchev–Trinajstić information content (AvgIpc) is 2.64. The Hall–Kier alpha value is -2.70. The fourth-order valence-corrected chi connectivity index (χ4v) is 2.59. The lowest BCUT2D eigenvalue weighted by Gasteiger charge is -2.23. The second-order valence-corrected chi connectivity index (χ2v) is 6.78. The quantitative estimate of drug-likeness (QED) is 0.392. The van der Waals surface area contributed by atoms with Crippen LogP contribution in [0.2, 0.25) is 5.02 Å². The number of nitro groups is 1. The molecule has 0 heterocycles. The highest BCUT2D eigenvalue weighted by Crippen LogP contribution is 2.19. The van der Waals surface area contributed by atoms with Gasteiger partial charge in [0.15, 0.2) is 0 Å². The number of hydrogen-bond donors (Lipinski definition) is 0. The summed E-state index contributed by atoms with van der Waals surface area (Å²) in [6, 6.07) is 13.7. The Kier molecular flexibility index (Phi) is 7.52. The Labute approximate surface area is 163 Å². The molecular formula is C20H22ClN3O3. The van der Waals surface area contributed by atoms with Gasteiger partial charge in [-0.25, -0.2) is 0 Å². The summed E-state index contributed by atoms with van der Waals surface area (Å²) in [5, 5.41) is 11.7.